The lowest BCUT2D eigenvalue weighted by Crippen LogP contribution is -2.26. The molecule has 0 aliphatic heterocycles. The van der Waals surface area contributed by atoms with Crippen LogP contribution < -0.4 is 0 Å². The summed E-state index contributed by atoms with van der Waals surface area (Å²) in [4.78, 5) is 12.7. The van der Waals surface area contributed by atoms with E-state index >= 15 is 0 Å². The van der Waals surface area contributed by atoms with E-state index in [4.69, 9.17) is 5.26 Å². The van der Waals surface area contributed by atoms with E-state index in [2.05, 4.69) is 6.92 Å². The fraction of sp³-hybridized carbons (Fsp3) is 0.800. The Hall–Kier alpha value is -1.04. The van der Waals surface area contributed by atoms with E-state index in [1.54, 1.807) is 7.05 Å². The molecule has 3 heteroatoms. The number of carbonyl (C=O) groups excluding carboxylic acids is 1. The summed E-state index contributed by atoms with van der Waals surface area (Å²) in [5.74, 6) is 0.0812. The molecule has 0 rings (SSSR count). The standard InChI is InChI=1S/C10H18N2O/c1-3-4-5-6-7-10(13)12(2)9-8-11/h3-7,9H2,1-2H3. The summed E-state index contributed by atoms with van der Waals surface area (Å²) in [5, 5.41) is 8.35. The smallest absolute Gasteiger partial charge is 0.223 e. The predicted molar refractivity (Wildman–Crippen MR) is 52.0 cm³/mol. The Morgan fingerprint density at radius 3 is 2.62 bits per heavy atom. The fourth-order valence-electron chi connectivity index (χ4n) is 1.09. The number of unbranched alkanes of at least 4 members (excludes halogenated alkanes) is 3. The first-order valence-corrected chi connectivity index (χ1v) is 4.83. The molecule has 0 aliphatic carbocycles. The van der Waals surface area contributed by atoms with Crippen LogP contribution in [0.4, 0.5) is 0 Å². The van der Waals surface area contributed by atoms with Gasteiger partial charge in [0.05, 0.1) is 6.07 Å². The van der Waals surface area contributed by atoms with Crippen LogP contribution >= 0.6 is 0 Å². The zero-order chi connectivity index (χ0) is 10.1. The lowest BCUT2D eigenvalue weighted by atomic mass is 10.1. The SMILES string of the molecule is CCCCCCC(=O)N(C)CC#N. The maximum atomic E-state index is 11.3. The largest absolute Gasteiger partial charge is 0.332 e. The minimum atomic E-state index is 0.0812. The lowest BCUT2D eigenvalue weighted by molar-refractivity contribution is -0.129. The van der Waals surface area contributed by atoms with Crippen molar-refractivity contribution in [2.45, 2.75) is 39.0 Å². The number of nitrogens with zero attached hydrogens (tertiary/aromatic N) is 2. The Labute approximate surface area is 80.3 Å². The van der Waals surface area contributed by atoms with Gasteiger partial charge in [0, 0.05) is 13.5 Å². The number of hydrogen-bond donors (Lipinski definition) is 0. The maximum Gasteiger partial charge on any atom is 0.223 e. The molecule has 0 saturated carbocycles. The third-order valence-corrected chi connectivity index (χ3v) is 1.98. The number of amides is 1. The molecule has 0 radical (unpaired) electrons. The maximum absolute atomic E-state index is 11.3. The second kappa shape index (κ2) is 7.60. The van der Waals surface area contributed by atoms with Gasteiger partial charge in [-0.15, -0.1) is 0 Å². The van der Waals surface area contributed by atoms with Crippen molar-refractivity contribution < 1.29 is 4.79 Å². The van der Waals surface area contributed by atoms with Crippen LogP contribution in [0.3, 0.4) is 0 Å². The molecule has 0 aromatic rings. The second-order valence-corrected chi connectivity index (χ2v) is 3.22. The molecule has 1 amide bonds. The third-order valence-electron chi connectivity index (χ3n) is 1.98. The molecule has 0 aromatic carbocycles. The molecule has 0 saturated heterocycles. The molecule has 0 heterocycles. The van der Waals surface area contributed by atoms with Gasteiger partial charge in [-0.25, -0.2) is 0 Å². The normalized spacial score (nSPS) is 9.31. The van der Waals surface area contributed by atoms with Crippen LogP contribution in [0.25, 0.3) is 0 Å². The molecule has 0 bridgehead atoms. The highest BCUT2D eigenvalue weighted by Gasteiger charge is 2.06. The van der Waals surface area contributed by atoms with Gasteiger partial charge in [-0.3, -0.25) is 4.79 Å². The molecule has 0 spiro atoms. The molecule has 0 fully saturated rings. The van der Waals surface area contributed by atoms with Gasteiger partial charge in [0.2, 0.25) is 5.91 Å². The van der Waals surface area contributed by atoms with E-state index in [0.717, 1.165) is 12.8 Å². The zero-order valence-electron chi connectivity index (χ0n) is 8.55. The molecule has 0 aromatic heterocycles. The van der Waals surface area contributed by atoms with Gasteiger partial charge in [0.25, 0.3) is 0 Å². The monoisotopic (exact) mass is 182 g/mol. The van der Waals surface area contributed by atoms with Crippen LogP contribution in [-0.2, 0) is 4.79 Å². The summed E-state index contributed by atoms with van der Waals surface area (Å²) in [6.45, 7) is 2.34. The molecule has 0 unspecified atom stereocenters. The van der Waals surface area contributed by atoms with E-state index in [1.807, 2.05) is 6.07 Å². The van der Waals surface area contributed by atoms with Crippen LogP contribution in [0, 0.1) is 11.3 Å². The minimum Gasteiger partial charge on any atom is -0.332 e. The van der Waals surface area contributed by atoms with E-state index in [-0.39, 0.29) is 12.5 Å². The van der Waals surface area contributed by atoms with Crippen LogP contribution in [0.2, 0.25) is 0 Å². The highest BCUT2D eigenvalue weighted by atomic mass is 16.2. The number of rotatable bonds is 6. The van der Waals surface area contributed by atoms with Gasteiger partial charge >= 0.3 is 0 Å². The first-order valence-electron chi connectivity index (χ1n) is 4.83. The van der Waals surface area contributed by atoms with Crippen LogP contribution in [-0.4, -0.2) is 24.4 Å². The molecule has 13 heavy (non-hydrogen) atoms. The summed E-state index contributed by atoms with van der Waals surface area (Å²) in [6, 6.07) is 1.96. The van der Waals surface area contributed by atoms with Gasteiger partial charge < -0.3 is 4.90 Å². The van der Waals surface area contributed by atoms with E-state index in [1.165, 1.54) is 17.7 Å². The van der Waals surface area contributed by atoms with Crippen LogP contribution in [0.1, 0.15) is 39.0 Å². The van der Waals surface area contributed by atoms with Crippen molar-refractivity contribution in [3.05, 3.63) is 0 Å². The summed E-state index contributed by atoms with van der Waals surface area (Å²) in [5.41, 5.74) is 0. The summed E-state index contributed by atoms with van der Waals surface area (Å²) in [7, 11) is 1.67. The van der Waals surface area contributed by atoms with Crippen molar-refractivity contribution in [1.82, 2.24) is 4.90 Å². The Kier molecular flexibility index (Phi) is 6.99. The molecule has 0 N–H and O–H groups in total. The van der Waals surface area contributed by atoms with E-state index in [9.17, 15) is 4.79 Å². The van der Waals surface area contributed by atoms with Crippen molar-refractivity contribution in [2.24, 2.45) is 0 Å². The Balaban J connectivity index is 3.45. The molecular weight excluding hydrogens is 164 g/mol. The zero-order valence-corrected chi connectivity index (χ0v) is 8.55. The number of nitriles is 1. The second-order valence-electron chi connectivity index (χ2n) is 3.22. The van der Waals surface area contributed by atoms with Gasteiger partial charge in [-0.05, 0) is 6.42 Å². The van der Waals surface area contributed by atoms with Gasteiger partial charge in [0.1, 0.15) is 6.54 Å². The molecule has 0 atom stereocenters. The van der Waals surface area contributed by atoms with Crippen LogP contribution in [0.15, 0.2) is 0 Å². The molecule has 3 nitrogen and oxygen atoms in total. The predicted octanol–water partition coefficient (Wildman–Crippen LogP) is 1.94. The first-order chi connectivity index (χ1) is 6.22. The third kappa shape index (κ3) is 6.15. The van der Waals surface area contributed by atoms with Crippen molar-refractivity contribution in [1.29, 1.82) is 5.26 Å². The summed E-state index contributed by atoms with van der Waals surface area (Å²) >= 11 is 0. The number of hydrogen-bond acceptors (Lipinski definition) is 2. The first kappa shape index (κ1) is 12.0. The highest BCUT2D eigenvalue weighted by Crippen LogP contribution is 2.03. The Morgan fingerprint density at radius 1 is 1.38 bits per heavy atom. The van der Waals surface area contributed by atoms with Gasteiger partial charge in [0.15, 0.2) is 0 Å². The van der Waals surface area contributed by atoms with Crippen molar-refractivity contribution in [2.75, 3.05) is 13.6 Å². The van der Waals surface area contributed by atoms with Crippen molar-refractivity contribution >= 4 is 5.91 Å². The van der Waals surface area contributed by atoms with Crippen molar-refractivity contribution in [3.8, 4) is 6.07 Å². The van der Waals surface area contributed by atoms with E-state index < -0.39 is 0 Å². The van der Waals surface area contributed by atoms with Crippen LogP contribution in [0.5, 0.6) is 0 Å². The fourth-order valence-corrected chi connectivity index (χ4v) is 1.09. The molecular formula is C10H18N2O. The topological polar surface area (TPSA) is 44.1 Å². The minimum absolute atomic E-state index is 0.0812. The van der Waals surface area contributed by atoms with Gasteiger partial charge in [-0.1, -0.05) is 26.2 Å². The average Bonchev–Trinajstić information content (AvgIpc) is 2.12. The Bertz CT molecular complexity index is 184. The highest BCUT2D eigenvalue weighted by molar-refractivity contribution is 5.75. The molecule has 0 aliphatic rings. The Morgan fingerprint density at radius 2 is 2.08 bits per heavy atom. The average molecular weight is 182 g/mol. The van der Waals surface area contributed by atoms with Gasteiger partial charge in [-0.2, -0.15) is 5.26 Å². The number of carbonyl (C=O) groups is 1. The van der Waals surface area contributed by atoms with Crippen molar-refractivity contribution in [3.63, 3.8) is 0 Å². The quantitative estimate of drug-likeness (QED) is 0.465. The summed E-state index contributed by atoms with van der Waals surface area (Å²) < 4.78 is 0. The lowest BCUT2D eigenvalue weighted by Gasteiger charge is -2.12. The molecule has 74 valence electrons. The summed E-state index contributed by atoms with van der Waals surface area (Å²) in [6.07, 6.45) is 5.01. The van der Waals surface area contributed by atoms with E-state index in [0.29, 0.717) is 6.42 Å².